The van der Waals surface area contributed by atoms with Crippen LogP contribution in [0.4, 0.5) is 5.69 Å². The number of rotatable bonds is 4. The van der Waals surface area contributed by atoms with Crippen LogP contribution in [0.5, 0.6) is 0 Å². The second-order valence-electron chi connectivity index (χ2n) is 4.80. The third kappa shape index (κ3) is 5.50. The Morgan fingerprint density at radius 2 is 1.76 bits per heavy atom. The molecule has 0 atom stereocenters. The maximum Gasteiger partial charge on any atom is 0.118 e. The second kappa shape index (κ2) is 9.06. The van der Waals surface area contributed by atoms with Gasteiger partial charge >= 0.3 is 0 Å². The minimum atomic E-state index is 0.720. The van der Waals surface area contributed by atoms with Gasteiger partial charge in [-0.1, -0.05) is 38.1 Å². The number of hydrogen-bond acceptors (Lipinski definition) is 2. The summed E-state index contributed by atoms with van der Waals surface area (Å²) >= 11 is 0. The molecule has 1 aliphatic rings. The highest BCUT2D eigenvalue weighted by Gasteiger charge is 2.09. The van der Waals surface area contributed by atoms with Gasteiger partial charge in [0.1, 0.15) is 5.76 Å². The molecule has 0 bridgehead atoms. The molecule has 2 nitrogen and oxygen atoms in total. The average molecular weight is 285 g/mol. The molecular weight excluding hydrogens is 258 g/mol. The summed E-state index contributed by atoms with van der Waals surface area (Å²) < 4.78 is 5.65. The number of benzene rings is 1. The lowest BCUT2D eigenvalue weighted by Gasteiger charge is -2.16. The normalized spacial score (nSPS) is 14.6. The summed E-state index contributed by atoms with van der Waals surface area (Å²) in [5.74, 6) is 1.03. The van der Waals surface area contributed by atoms with E-state index in [1.54, 1.807) is 0 Å². The van der Waals surface area contributed by atoms with E-state index in [1.807, 2.05) is 45.0 Å². The zero-order valence-electron chi connectivity index (χ0n) is 13.6. The molecule has 0 radical (unpaired) electrons. The van der Waals surface area contributed by atoms with Gasteiger partial charge in [-0.3, -0.25) is 0 Å². The monoisotopic (exact) mass is 285 g/mol. The fourth-order valence-corrected chi connectivity index (χ4v) is 2.08. The maximum absolute atomic E-state index is 5.67. The summed E-state index contributed by atoms with van der Waals surface area (Å²) in [7, 11) is 0. The van der Waals surface area contributed by atoms with Gasteiger partial charge in [0.25, 0.3) is 0 Å². The van der Waals surface area contributed by atoms with Gasteiger partial charge in [0.2, 0.25) is 0 Å². The third-order valence-corrected chi connectivity index (χ3v) is 3.25. The molecule has 1 aromatic rings. The van der Waals surface area contributed by atoms with E-state index in [-0.39, 0.29) is 0 Å². The summed E-state index contributed by atoms with van der Waals surface area (Å²) in [6.45, 7) is 8.88. The largest absolute Gasteiger partial charge is 0.494 e. The minimum absolute atomic E-state index is 0.720. The number of anilines is 1. The van der Waals surface area contributed by atoms with Gasteiger partial charge in [-0.05, 0) is 61.6 Å². The van der Waals surface area contributed by atoms with E-state index >= 15 is 0 Å². The van der Waals surface area contributed by atoms with Crippen LogP contribution >= 0.6 is 0 Å². The average Bonchev–Trinajstić information content (AvgIpc) is 2.52. The van der Waals surface area contributed by atoms with Gasteiger partial charge in [-0.25, -0.2) is 0 Å². The Morgan fingerprint density at radius 3 is 2.38 bits per heavy atom. The number of nitrogen functional groups attached to an aromatic ring is 1. The SMILES string of the molecule is CC.CCOC1=C(C)CCC(/C=C/c2ccc(N)cc2)=C1. The lowest BCUT2D eigenvalue weighted by atomic mass is 9.97. The molecule has 1 aliphatic carbocycles. The molecular formula is C19H27NO. The number of nitrogens with two attached hydrogens (primary N) is 1. The summed E-state index contributed by atoms with van der Waals surface area (Å²) in [5.41, 5.74) is 10.3. The van der Waals surface area contributed by atoms with Crippen LogP contribution in [0.25, 0.3) is 6.08 Å². The van der Waals surface area contributed by atoms with E-state index in [4.69, 9.17) is 10.5 Å². The van der Waals surface area contributed by atoms with Gasteiger partial charge in [0.05, 0.1) is 6.61 Å². The van der Waals surface area contributed by atoms with Gasteiger partial charge in [-0.2, -0.15) is 0 Å². The van der Waals surface area contributed by atoms with Crippen LogP contribution < -0.4 is 5.73 Å². The van der Waals surface area contributed by atoms with Crippen molar-refractivity contribution in [1.82, 2.24) is 0 Å². The third-order valence-electron chi connectivity index (χ3n) is 3.25. The summed E-state index contributed by atoms with van der Waals surface area (Å²) in [6.07, 6.45) is 8.59. The Labute approximate surface area is 129 Å². The van der Waals surface area contributed by atoms with Crippen LogP contribution in [0, 0.1) is 0 Å². The van der Waals surface area contributed by atoms with Crippen molar-refractivity contribution in [1.29, 1.82) is 0 Å². The first-order chi connectivity index (χ1) is 10.2. The molecule has 0 saturated carbocycles. The van der Waals surface area contributed by atoms with Crippen LogP contribution in [0.1, 0.15) is 46.1 Å². The van der Waals surface area contributed by atoms with Crippen LogP contribution in [-0.2, 0) is 4.74 Å². The summed E-state index contributed by atoms with van der Waals surface area (Å²) in [4.78, 5) is 0. The van der Waals surface area contributed by atoms with Gasteiger partial charge in [-0.15, -0.1) is 0 Å². The first-order valence-electron chi connectivity index (χ1n) is 7.76. The van der Waals surface area contributed by atoms with Crippen molar-refractivity contribution in [3.63, 3.8) is 0 Å². The topological polar surface area (TPSA) is 35.2 Å². The Hall–Kier alpha value is -1.96. The van der Waals surface area contributed by atoms with Crippen molar-refractivity contribution >= 4 is 11.8 Å². The minimum Gasteiger partial charge on any atom is -0.494 e. The van der Waals surface area contributed by atoms with E-state index < -0.39 is 0 Å². The molecule has 21 heavy (non-hydrogen) atoms. The molecule has 0 heterocycles. The first kappa shape index (κ1) is 17.1. The molecule has 0 aliphatic heterocycles. The summed E-state index contributed by atoms with van der Waals surface area (Å²) in [5, 5.41) is 0. The molecule has 0 spiro atoms. The molecule has 0 amide bonds. The fraction of sp³-hybridized carbons (Fsp3) is 0.368. The predicted octanol–water partition coefficient (Wildman–Crippen LogP) is 5.34. The molecule has 0 fully saturated rings. The molecule has 0 saturated heterocycles. The zero-order valence-corrected chi connectivity index (χ0v) is 13.6. The van der Waals surface area contributed by atoms with E-state index in [0.717, 1.165) is 30.9 Å². The molecule has 1 aromatic carbocycles. The van der Waals surface area contributed by atoms with Gasteiger partial charge in [0.15, 0.2) is 0 Å². The number of ether oxygens (including phenoxy) is 1. The van der Waals surface area contributed by atoms with Crippen molar-refractivity contribution in [3.8, 4) is 0 Å². The molecule has 0 unspecified atom stereocenters. The lowest BCUT2D eigenvalue weighted by Crippen LogP contribution is -1.99. The van der Waals surface area contributed by atoms with Gasteiger partial charge < -0.3 is 10.5 Å². The van der Waals surface area contributed by atoms with Crippen LogP contribution in [0.3, 0.4) is 0 Å². The Bertz CT molecular complexity index is 521. The number of allylic oxidation sites excluding steroid dienone is 4. The van der Waals surface area contributed by atoms with Crippen molar-refractivity contribution in [3.05, 3.63) is 58.9 Å². The maximum atomic E-state index is 5.67. The number of hydrogen-bond donors (Lipinski definition) is 1. The van der Waals surface area contributed by atoms with Crippen LogP contribution in [-0.4, -0.2) is 6.61 Å². The van der Waals surface area contributed by atoms with E-state index in [1.165, 1.54) is 16.7 Å². The lowest BCUT2D eigenvalue weighted by molar-refractivity contribution is 0.236. The standard InChI is InChI=1S/C17H21NO.C2H6/c1-3-19-17-12-15(5-4-13(17)2)7-6-14-8-10-16(18)11-9-14;1-2/h6-12H,3-5,18H2,1-2H3;1-2H3/b7-6+;. The Balaban J connectivity index is 0.00000106. The van der Waals surface area contributed by atoms with Gasteiger partial charge in [0, 0.05) is 5.69 Å². The van der Waals surface area contributed by atoms with Crippen LogP contribution in [0.15, 0.2) is 53.3 Å². The fourth-order valence-electron chi connectivity index (χ4n) is 2.08. The highest BCUT2D eigenvalue weighted by atomic mass is 16.5. The van der Waals surface area contributed by atoms with E-state index in [0.29, 0.717) is 0 Å². The highest BCUT2D eigenvalue weighted by molar-refractivity contribution is 5.56. The smallest absolute Gasteiger partial charge is 0.118 e. The van der Waals surface area contributed by atoms with E-state index in [9.17, 15) is 0 Å². The predicted molar refractivity (Wildman–Crippen MR) is 92.9 cm³/mol. The second-order valence-corrected chi connectivity index (χ2v) is 4.80. The van der Waals surface area contributed by atoms with Crippen LogP contribution in [0.2, 0.25) is 0 Å². The molecule has 2 heteroatoms. The van der Waals surface area contributed by atoms with E-state index in [2.05, 4.69) is 25.2 Å². The molecule has 2 rings (SSSR count). The quantitative estimate of drug-likeness (QED) is 0.758. The summed E-state index contributed by atoms with van der Waals surface area (Å²) in [6, 6.07) is 7.90. The molecule has 2 N–H and O–H groups in total. The van der Waals surface area contributed by atoms with Crippen molar-refractivity contribution in [2.24, 2.45) is 0 Å². The zero-order chi connectivity index (χ0) is 15.7. The molecule has 114 valence electrons. The van der Waals surface area contributed by atoms with Crippen molar-refractivity contribution in [2.75, 3.05) is 12.3 Å². The Kier molecular flexibility index (Phi) is 7.38. The molecule has 0 aromatic heterocycles. The highest BCUT2D eigenvalue weighted by Crippen LogP contribution is 2.25. The van der Waals surface area contributed by atoms with Crippen molar-refractivity contribution < 1.29 is 4.74 Å². The Morgan fingerprint density at radius 1 is 1.10 bits per heavy atom. The first-order valence-corrected chi connectivity index (χ1v) is 7.76. The van der Waals surface area contributed by atoms with Crippen molar-refractivity contribution in [2.45, 2.75) is 40.5 Å².